The van der Waals surface area contributed by atoms with Crippen LogP contribution in [0, 0.1) is 0 Å². The maximum atomic E-state index is 12.6. The number of aliphatic imine (C=N–C) groups is 1. The maximum Gasteiger partial charge on any atom is 0.227 e. The highest BCUT2D eigenvalue weighted by Crippen LogP contribution is 2.13. The number of aryl methyl sites for hydroxylation is 1. The Morgan fingerprint density at radius 3 is 2.52 bits per heavy atom. The lowest BCUT2D eigenvalue weighted by Crippen LogP contribution is -2.54. The third-order valence-corrected chi connectivity index (χ3v) is 5.30. The van der Waals surface area contributed by atoms with Crippen LogP contribution in [0.4, 0.5) is 0 Å². The number of carbonyl (C=O) groups is 1. The molecule has 1 aromatic heterocycles. The van der Waals surface area contributed by atoms with Gasteiger partial charge in [0.25, 0.3) is 0 Å². The Labute approximate surface area is 206 Å². The summed E-state index contributed by atoms with van der Waals surface area (Å²) in [5.41, 5.74) is 0.955. The molecular weight excluding hydrogens is 529 g/mol. The smallest absolute Gasteiger partial charge is 0.227 e. The van der Waals surface area contributed by atoms with Gasteiger partial charge >= 0.3 is 0 Å². The molecule has 1 aromatic carbocycles. The van der Waals surface area contributed by atoms with Crippen molar-refractivity contribution in [3.8, 4) is 0 Å². The molecule has 2 aromatic rings. The van der Waals surface area contributed by atoms with Crippen LogP contribution in [0.15, 0.2) is 41.9 Å². The molecule has 8 nitrogen and oxygen atoms in total. The van der Waals surface area contributed by atoms with E-state index in [4.69, 9.17) is 16.6 Å². The van der Waals surface area contributed by atoms with E-state index in [9.17, 15) is 4.79 Å². The van der Waals surface area contributed by atoms with Crippen molar-refractivity contribution in [1.29, 1.82) is 0 Å². The number of hydrogen-bond acceptors (Lipinski definition) is 4. The van der Waals surface area contributed by atoms with Gasteiger partial charge in [-0.25, -0.2) is 0 Å². The number of nitrogens with one attached hydrogen (secondary N) is 1. The van der Waals surface area contributed by atoms with Crippen molar-refractivity contribution in [2.75, 3.05) is 39.3 Å². The zero-order valence-electron chi connectivity index (χ0n) is 17.9. The summed E-state index contributed by atoms with van der Waals surface area (Å²) in [4.78, 5) is 21.6. The van der Waals surface area contributed by atoms with Crippen LogP contribution in [0.2, 0.25) is 5.02 Å². The Hall–Kier alpha value is -1.88. The molecule has 1 aliphatic rings. The molecule has 0 saturated carbocycles. The minimum atomic E-state index is 0. The highest BCUT2D eigenvalue weighted by molar-refractivity contribution is 14.0. The molecule has 0 bridgehead atoms. The van der Waals surface area contributed by atoms with Crippen molar-refractivity contribution in [2.45, 2.75) is 32.7 Å². The highest BCUT2D eigenvalue weighted by Gasteiger charge is 2.23. The minimum Gasteiger partial charge on any atom is -0.357 e. The second-order valence-electron chi connectivity index (χ2n) is 7.32. The Balaban J connectivity index is 0.00000341. The number of carbonyl (C=O) groups excluding carboxylic acids is 1. The van der Waals surface area contributed by atoms with Crippen LogP contribution in [-0.4, -0.2) is 75.7 Å². The van der Waals surface area contributed by atoms with Crippen molar-refractivity contribution in [2.24, 2.45) is 4.99 Å². The van der Waals surface area contributed by atoms with Gasteiger partial charge in [-0.15, -0.1) is 34.2 Å². The van der Waals surface area contributed by atoms with E-state index in [1.165, 1.54) is 0 Å². The fourth-order valence-corrected chi connectivity index (χ4v) is 3.67. The molecule has 170 valence electrons. The number of piperazine rings is 1. The summed E-state index contributed by atoms with van der Waals surface area (Å²) in [6, 6.07) is 7.51. The molecule has 0 atom stereocenters. The van der Waals surface area contributed by atoms with E-state index in [2.05, 4.69) is 27.3 Å². The van der Waals surface area contributed by atoms with E-state index in [1.807, 2.05) is 33.7 Å². The Morgan fingerprint density at radius 2 is 1.84 bits per heavy atom. The Kier molecular flexibility index (Phi) is 11.1. The van der Waals surface area contributed by atoms with E-state index in [0.717, 1.165) is 57.1 Å². The highest BCUT2D eigenvalue weighted by atomic mass is 127. The van der Waals surface area contributed by atoms with Crippen molar-refractivity contribution in [1.82, 2.24) is 29.9 Å². The van der Waals surface area contributed by atoms with Gasteiger partial charge < -0.3 is 19.7 Å². The molecule has 31 heavy (non-hydrogen) atoms. The van der Waals surface area contributed by atoms with Crippen LogP contribution in [-0.2, 0) is 17.8 Å². The molecule has 0 spiro atoms. The van der Waals surface area contributed by atoms with E-state index < -0.39 is 0 Å². The number of rotatable bonds is 8. The van der Waals surface area contributed by atoms with E-state index >= 15 is 0 Å². The number of aromatic nitrogens is 3. The first-order valence-corrected chi connectivity index (χ1v) is 10.9. The van der Waals surface area contributed by atoms with E-state index in [-0.39, 0.29) is 29.9 Å². The first-order chi connectivity index (χ1) is 14.7. The molecule has 3 rings (SSSR count). The average molecular weight is 560 g/mol. The predicted octanol–water partition coefficient (Wildman–Crippen LogP) is 2.68. The van der Waals surface area contributed by atoms with Crippen LogP contribution >= 0.6 is 35.6 Å². The van der Waals surface area contributed by atoms with Gasteiger partial charge in [0.2, 0.25) is 5.91 Å². The maximum absolute atomic E-state index is 12.6. The third kappa shape index (κ3) is 8.29. The van der Waals surface area contributed by atoms with Crippen LogP contribution in [0.1, 0.15) is 25.3 Å². The molecule has 1 amide bonds. The summed E-state index contributed by atoms with van der Waals surface area (Å²) < 4.78 is 1.98. The standard InChI is InChI=1S/C21H30ClN7O.HI/c1-2-23-21(24-8-3-4-9-27-16-25-26-17-27)29-12-10-28(11-13-29)20(30)15-18-6-5-7-19(22)14-18;/h5-7,14,16-17H,2-4,8-13,15H2,1H3,(H,23,24);1H. The summed E-state index contributed by atoms with van der Waals surface area (Å²) in [6.45, 7) is 7.57. The summed E-state index contributed by atoms with van der Waals surface area (Å²) in [7, 11) is 0. The molecule has 1 saturated heterocycles. The average Bonchev–Trinajstić information content (AvgIpc) is 3.26. The number of amides is 1. The number of nitrogens with zero attached hydrogens (tertiary/aromatic N) is 6. The molecule has 0 unspecified atom stereocenters. The molecule has 1 aliphatic heterocycles. The van der Waals surface area contributed by atoms with Gasteiger partial charge in [0.15, 0.2) is 5.96 Å². The normalized spacial score (nSPS) is 14.3. The number of guanidine groups is 1. The van der Waals surface area contributed by atoms with Crippen LogP contribution in [0.5, 0.6) is 0 Å². The van der Waals surface area contributed by atoms with Crippen molar-refractivity contribution < 1.29 is 4.79 Å². The van der Waals surface area contributed by atoms with Gasteiger partial charge in [0.1, 0.15) is 12.7 Å². The van der Waals surface area contributed by atoms with Gasteiger partial charge in [-0.2, -0.15) is 0 Å². The Bertz CT molecular complexity index is 823. The monoisotopic (exact) mass is 559 g/mol. The zero-order valence-corrected chi connectivity index (χ0v) is 21.0. The summed E-state index contributed by atoms with van der Waals surface area (Å²) in [6.07, 6.45) is 5.90. The van der Waals surface area contributed by atoms with Gasteiger partial charge in [-0.1, -0.05) is 23.7 Å². The number of benzene rings is 1. The molecule has 2 heterocycles. The number of unbranched alkanes of at least 4 members (excludes halogenated alkanes) is 1. The fourth-order valence-electron chi connectivity index (χ4n) is 3.46. The topological polar surface area (TPSA) is 78.7 Å². The van der Waals surface area contributed by atoms with Crippen LogP contribution in [0.3, 0.4) is 0 Å². The lowest BCUT2D eigenvalue weighted by atomic mass is 10.1. The third-order valence-electron chi connectivity index (χ3n) is 5.06. The Morgan fingerprint density at radius 1 is 1.13 bits per heavy atom. The molecular formula is C21H31ClIN7O. The molecule has 1 fully saturated rings. The van der Waals surface area contributed by atoms with Crippen LogP contribution < -0.4 is 5.32 Å². The summed E-state index contributed by atoms with van der Waals surface area (Å²) in [5.74, 6) is 1.08. The van der Waals surface area contributed by atoms with Gasteiger partial charge in [-0.05, 0) is 37.5 Å². The summed E-state index contributed by atoms with van der Waals surface area (Å²) >= 11 is 6.03. The van der Waals surface area contributed by atoms with Gasteiger partial charge in [-0.3, -0.25) is 9.79 Å². The van der Waals surface area contributed by atoms with E-state index in [1.54, 1.807) is 12.7 Å². The fraction of sp³-hybridized carbons (Fsp3) is 0.524. The minimum absolute atomic E-state index is 0. The predicted molar refractivity (Wildman–Crippen MR) is 134 cm³/mol. The quantitative estimate of drug-likeness (QED) is 0.233. The van der Waals surface area contributed by atoms with Crippen molar-refractivity contribution >= 4 is 47.4 Å². The van der Waals surface area contributed by atoms with E-state index in [0.29, 0.717) is 24.5 Å². The number of halogens is 2. The molecule has 1 N–H and O–H groups in total. The molecule has 0 radical (unpaired) electrons. The van der Waals surface area contributed by atoms with Gasteiger partial charge in [0, 0.05) is 50.8 Å². The zero-order chi connectivity index (χ0) is 21.2. The largest absolute Gasteiger partial charge is 0.357 e. The first-order valence-electron chi connectivity index (χ1n) is 10.5. The van der Waals surface area contributed by atoms with Crippen molar-refractivity contribution in [3.63, 3.8) is 0 Å². The van der Waals surface area contributed by atoms with Crippen molar-refractivity contribution in [3.05, 3.63) is 47.5 Å². The SMILES string of the molecule is CCNC(=NCCCCn1cnnc1)N1CCN(C(=O)Cc2cccc(Cl)c2)CC1.I. The number of hydrogen-bond donors (Lipinski definition) is 1. The lowest BCUT2D eigenvalue weighted by molar-refractivity contribution is -0.131. The van der Waals surface area contributed by atoms with Gasteiger partial charge in [0.05, 0.1) is 6.42 Å². The second-order valence-corrected chi connectivity index (χ2v) is 7.75. The summed E-state index contributed by atoms with van der Waals surface area (Å²) in [5, 5.41) is 11.7. The molecule has 0 aliphatic carbocycles. The second kappa shape index (κ2) is 13.5. The van der Waals surface area contributed by atoms with Crippen LogP contribution in [0.25, 0.3) is 0 Å². The molecule has 10 heteroatoms. The first kappa shape index (κ1) is 25.4. The lowest BCUT2D eigenvalue weighted by Gasteiger charge is -2.36.